The summed E-state index contributed by atoms with van der Waals surface area (Å²) in [7, 11) is 0. The van der Waals surface area contributed by atoms with E-state index in [2.05, 4.69) is 16.0 Å². The van der Waals surface area contributed by atoms with E-state index >= 15 is 0 Å². The minimum atomic E-state index is -1.50. The van der Waals surface area contributed by atoms with Gasteiger partial charge in [0.15, 0.2) is 0 Å². The van der Waals surface area contributed by atoms with Crippen molar-refractivity contribution in [2.45, 2.75) is 56.8 Å². The molecule has 0 aliphatic heterocycles. The molecule has 0 aliphatic rings. The fourth-order valence-corrected chi connectivity index (χ4v) is 2.84. The van der Waals surface area contributed by atoms with E-state index < -0.39 is 72.6 Å². The van der Waals surface area contributed by atoms with Gasteiger partial charge in [0.2, 0.25) is 23.6 Å². The molecule has 1 rings (SSSR count). The number of carbonyl (C=O) groups excluding carboxylic acids is 4. The molecule has 0 fully saturated rings. The molecule has 0 aliphatic carbocycles. The molecule has 14 heteroatoms. The van der Waals surface area contributed by atoms with Crippen LogP contribution in [0.3, 0.4) is 0 Å². The van der Waals surface area contributed by atoms with Crippen LogP contribution in [-0.4, -0.2) is 75.1 Å². The number of hydrogen-bond acceptors (Lipinski definition) is 8. The van der Waals surface area contributed by atoms with Crippen molar-refractivity contribution in [1.82, 2.24) is 16.0 Å². The van der Waals surface area contributed by atoms with Crippen molar-refractivity contribution < 1.29 is 44.1 Å². The zero-order chi connectivity index (χ0) is 26.7. The molecule has 192 valence electrons. The molecule has 14 nitrogen and oxygen atoms in total. The maximum atomic E-state index is 12.6. The van der Waals surface area contributed by atoms with Gasteiger partial charge in [-0.25, -0.2) is 4.79 Å². The van der Waals surface area contributed by atoms with Crippen molar-refractivity contribution in [2.75, 3.05) is 0 Å². The predicted octanol–water partition coefficient (Wildman–Crippen LogP) is -2.44. The second kappa shape index (κ2) is 13.5. The molecule has 0 saturated heterocycles. The molecule has 35 heavy (non-hydrogen) atoms. The van der Waals surface area contributed by atoms with Crippen LogP contribution in [0.2, 0.25) is 0 Å². The maximum Gasteiger partial charge on any atom is 0.326 e. The monoisotopic (exact) mass is 495 g/mol. The lowest BCUT2D eigenvalue weighted by molar-refractivity contribution is -0.142. The van der Waals surface area contributed by atoms with Gasteiger partial charge in [-0.05, 0) is 31.0 Å². The number of aromatic hydroxyl groups is 1. The van der Waals surface area contributed by atoms with Crippen LogP contribution in [0.4, 0.5) is 0 Å². The topological polar surface area (TPSA) is 251 Å². The Morgan fingerprint density at radius 1 is 0.886 bits per heavy atom. The van der Waals surface area contributed by atoms with E-state index in [0.29, 0.717) is 5.56 Å². The highest BCUT2D eigenvalue weighted by Crippen LogP contribution is 2.11. The summed E-state index contributed by atoms with van der Waals surface area (Å²) < 4.78 is 0. The fourth-order valence-electron chi connectivity index (χ4n) is 2.84. The van der Waals surface area contributed by atoms with E-state index in [1.165, 1.54) is 31.2 Å². The summed E-state index contributed by atoms with van der Waals surface area (Å²) in [5, 5.41) is 34.2. The van der Waals surface area contributed by atoms with Crippen LogP contribution in [0, 0.1) is 0 Å². The molecule has 0 radical (unpaired) electrons. The second-order valence-corrected chi connectivity index (χ2v) is 7.77. The summed E-state index contributed by atoms with van der Waals surface area (Å²) in [5.41, 5.74) is 11.2. The van der Waals surface area contributed by atoms with Crippen molar-refractivity contribution in [1.29, 1.82) is 0 Å². The minimum absolute atomic E-state index is 0.0126. The SMILES string of the molecule is CC(NC(=O)C(CC(N)=O)NC(=O)C(N)CCC(=O)O)C(=O)NC(Cc1ccc(O)cc1)C(=O)O. The van der Waals surface area contributed by atoms with Crippen molar-refractivity contribution in [3.63, 3.8) is 0 Å². The van der Waals surface area contributed by atoms with Gasteiger partial charge in [0.1, 0.15) is 23.9 Å². The van der Waals surface area contributed by atoms with Crippen molar-refractivity contribution in [3.8, 4) is 5.75 Å². The molecule has 4 amide bonds. The van der Waals surface area contributed by atoms with Crippen molar-refractivity contribution >= 4 is 35.6 Å². The summed E-state index contributed by atoms with van der Waals surface area (Å²) in [6.45, 7) is 1.26. The predicted molar refractivity (Wildman–Crippen MR) is 120 cm³/mol. The Bertz CT molecular complexity index is 951. The lowest BCUT2D eigenvalue weighted by Gasteiger charge is -2.23. The number of phenols is 1. The Morgan fingerprint density at radius 2 is 1.46 bits per heavy atom. The molecule has 0 saturated carbocycles. The van der Waals surface area contributed by atoms with Crippen molar-refractivity contribution in [2.24, 2.45) is 11.5 Å². The molecule has 0 heterocycles. The third-order valence-corrected chi connectivity index (χ3v) is 4.79. The van der Waals surface area contributed by atoms with Gasteiger partial charge in [0.25, 0.3) is 0 Å². The van der Waals surface area contributed by atoms with Crippen LogP contribution in [0.25, 0.3) is 0 Å². The van der Waals surface area contributed by atoms with Crippen LogP contribution in [-0.2, 0) is 35.2 Å². The normalized spacial score (nSPS) is 14.0. The smallest absolute Gasteiger partial charge is 0.326 e. The summed E-state index contributed by atoms with van der Waals surface area (Å²) in [6, 6.07) is 0.308. The number of hydrogen-bond donors (Lipinski definition) is 8. The van der Waals surface area contributed by atoms with Gasteiger partial charge >= 0.3 is 11.9 Å². The number of amides is 4. The molecule has 4 atom stereocenters. The first-order chi connectivity index (χ1) is 16.3. The lowest BCUT2D eigenvalue weighted by atomic mass is 10.1. The number of nitrogens with two attached hydrogens (primary N) is 2. The van der Waals surface area contributed by atoms with E-state index in [9.17, 15) is 39.0 Å². The first-order valence-corrected chi connectivity index (χ1v) is 10.5. The summed E-state index contributed by atoms with van der Waals surface area (Å²) in [4.78, 5) is 70.7. The van der Waals surface area contributed by atoms with Gasteiger partial charge in [-0.3, -0.25) is 24.0 Å². The highest BCUT2D eigenvalue weighted by molar-refractivity contribution is 5.96. The largest absolute Gasteiger partial charge is 0.508 e. The van der Waals surface area contributed by atoms with Gasteiger partial charge in [-0.1, -0.05) is 12.1 Å². The van der Waals surface area contributed by atoms with Gasteiger partial charge in [0, 0.05) is 12.8 Å². The standard InChI is InChI=1S/C21H29N5O9/c1-10(18(31)26-15(21(34)35)8-11-2-4-12(27)5-3-11)24-20(33)14(9-16(23)28)25-19(32)13(22)6-7-17(29)30/h2-5,10,13-15,27H,6-9,22H2,1H3,(H2,23,28)(H,24,33)(H,25,32)(H,26,31)(H,29,30)(H,34,35). The van der Waals surface area contributed by atoms with Crippen LogP contribution >= 0.6 is 0 Å². The fraction of sp³-hybridized carbons (Fsp3) is 0.429. The van der Waals surface area contributed by atoms with Gasteiger partial charge < -0.3 is 42.7 Å². The summed E-state index contributed by atoms with van der Waals surface area (Å²) in [6.07, 6.45) is -1.34. The Balaban J connectivity index is 2.79. The van der Waals surface area contributed by atoms with Gasteiger partial charge in [0.05, 0.1) is 12.5 Å². The Labute approximate surface area is 200 Å². The number of carboxylic acid groups (broad SMARTS) is 2. The van der Waals surface area contributed by atoms with Crippen molar-refractivity contribution in [3.05, 3.63) is 29.8 Å². The third kappa shape index (κ3) is 10.5. The molecule has 10 N–H and O–H groups in total. The Hall–Kier alpha value is -4.20. The number of nitrogens with one attached hydrogen (secondary N) is 3. The molecule has 0 aromatic heterocycles. The Kier molecular flexibility index (Phi) is 11.1. The third-order valence-electron chi connectivity index (χ3n) is 4.79. The summed E-state index contributed by atoms with van der Waals surface area (Å²) in [5.74, 6) is -6.18. The summed E-state index contributed by atoms with van der Waals surface area (Å²) >= 11 is 0. The molecular formula is C21H29N5O9. The Morgan fingerprint density at radius 3 is 1.97 bits per heavy atom. The van der Waals surface area contributed by atoms with Crippen LogP contribution in [0.1, 0.15) is 31.7 Å². The second-order valence-electron chi connectivity index (χ2n) is 7.77. The van der Waals surface area contributed by atoms with E-state index in [4.69, 9.17) is 16.6 Å². The minimum Gasteiger partial charge on any atom is -0.508 e. The zero-order valence-electron chi connectivity index (χ0n) is 18.9. The van der Waals surface area contributed by atoms with Gasteiger partial charge in [-0.15, -0.1) is 0 Å². The first kappa shape index (κ1) is 28.8. The molecule has 0 bridgehead atoms. The van der Waals surface area contributed by atoms with Crippen LogP contribution in [0.15, 0.2) is 24.3 Å². The van der Waals surface area contributed by atoms with Crippen LogP contribution < -0.4 is 27.4 Å². The molecule has 1 aromatic carbocycles. The molecule has 1 aromatic rings. The lowest BCUT2D eigenvalue weighted by Crippen LogP contribution is -2.57. The number of aliphatic carboxylic acids is 2. The van der Waals surface area contributed by atoms with E-state index in [1.54, 1.807) is 0 Å². The number of rotatable bonds is 14. The van der Waals surface area contributed by atoms with Gasteiger partial charge in [-0.2, -0.15) is 0 Å². The van der Waals surface area contributed by atoms with E-state index in [0.717, 1.165) is 0 Å². The molecule has 0 spiro atoms. The zero-order valence-corrected chi connectivity index (χ0v) is 18.9. The number of benzene rings is 1. The number of carbonyl (C=O) groups is 6. The average molecular weight is 495 g/mol. The van der Waals surface area contributed by atoms with Crippen LogP contribution in [0.5, 0.6) is 5.75 Å². The number of phenolic OH excluding ortho intramolecular Hbond substituents is 1. The number of primary amides is 1. The molecular weight excluding hydrogens is 466 g/mol. The van der Waals surface area contributed by atoms with E-state index in [1.807, 2.05) is 0 Å². The highest BCUT2D eigenvalue weighted by Gasteiger charge is 2.29. The molecule has 4 unspecified atom stereocenters. The first-order valence-electron chi connectivity index (χ1n) is 10.5. The van der Waals surface area contributed by atoms with E-state index in [-0.39, 0.29) is 18.6 Å². The average Bonchev–Trinajstić information content (AvgIpc) is 2.77. The number of carboxylic acids is 2. The quantitative estimate of drug-likeness (QED) is 0.135. The highest BCUT2D eigenvalue weighted by atomic mass is 16.4. The maximum absolute atomic E-state index is 12.6.